The third kappa shape index (κ3) is 3.60. The Morgan fingerprint density at radius 3 is 2.65 bits per heavy atom. The number of alkyl carbamates (subject to hydrolysis) is 1. The van der Waals surface area contributed by atoms with Gasteiger partial charge in [0.2, 0.25) is 5.91 Å². The molecule has 0 unspecified atom stereocenters. The van der Waals surface area contributed by atoms with Gasteiger partial charge in [0, 0.05) is 0 Å². The van der Waals surface area contributed by atoms with E-state index in [1.807, 2.05) is 0 Å². The molecule has 3 fully saturated rings. The fourth-order valence-corrected chi connectivity index (χ4v) is 4.31. The summed E-state index contributed by atoms with van der Waals surface area (Å²) < 4.78 is 5.46. The van der Waals surface area contributed by atoms with E-state index in [1.165, 1.54) is 6.42 Å². The molecule has 0 aromatic rings. The molecule has 2 aliphatic carbocycles. The molecule has 0 radical (unpaired) electrons. The summed E-state index contributed by atoms with van der Waals surface area (Å²) >= 11 is 0. The summed E-state index contributed by atoms with van der Waals surface area (Å²) in [6.45, 7) is 10.7. The summed E-state index contributed by atoms with van der Waals surface area (Å²) in [7, 11) is 0. The number of amides is 2. The zero-order valence-electron chi connectivity index (χ0n) is 14.3. The lowest BCUT2D eigenvalue weighted by Crippen LogP contribution is -2.43. The van der Waals surface area contributed by atoms with Gasteiger partial charge in [-0.15, -0.1) is 0 Å². The molecule has 3 aliphatic rings. The van der Waals surface area contributed by atoms with Crippen molar-refractivity contribution in [3.05, 3.63) is 12.2 Å². The second-order valence-corrected chi connectivity index (χ2v) is 7.91. The summed E-state index contributed by atoms with van der Waals surface area (Å²) in [6, 6.07) is 0. The Hall–Kier alpha value is -1.36. The van der Waals surface area contributed by atoms with Crippen LogP contribution in [0.4, 0.5) is 4.79 Å². The number of imide groups is 1. The van der Waals surface area contributed by atoms with Crippen LogP contribution in [0.15, 0.2) is 12.2 Å². The van der Waals surface area contributed by atoms with E-state index in [1.54, 1.807) is 0 Å². The summed E-state index contributed by atoms with van der Waals surface area (Å²) in [5.41, 5.74) is 1.32. The van der Waals surface area contributed by atoms with Crippen LogP contribution in [0.2, 0.25) is 0 Å². The molecule has 3 rings (SSSR count). The molecular weight excluding hydrogens is 292 g/mol. The lowest BCUT2D eigenvalue weighted by molar-refractivity contribution is -0.121. The molecule has 0 aromatic heterocycles. The maximum atomic E-state index is 12.0. The minimum absolute atomic E-state index is 0.249. The van der Waals surface area contributed by atoms with E-state index < -0.39 is 6.09 Å². The van der Waals surface area contributed by atoms with Crippen LogP contribution >= 0.6 is 0 Å². The van der Waals surface area contributed by atoms with Crippen molar-refractivity contribution >= 4 is 12.0 Å². The molecule has 1 aliphatic heterocycles. The molecule has 0 aromatic carbocycles. The molecule has 5 nitrogen and oxygen atoms in total. The maximum absolute atomic E-state index is 12.0. The highest BCUT2D eigenvalue weighted by molar-refractivity contribution is 5.92. The molecule has 1 saturated heterocycles. The van der Waals surface area contributed by atoms with Crippen molar-refractivity contribution in [3.63, 3.8) is 0 Å². The van der Waals surface area contributed by atoms with E-state index >= 15 is 0 Å². The molecule has 2 amide bonds. The van der Waals surface area contributed by atoms with Gasteiger partial charge in [-0.05, 0) is 61.6 Å². The van der Waals surface area contributed by atoms with Crippen molar-refractivity contribution in [1.29, 1.82) is 0 Å². The average molecular weight is 320 g/mol. The number of nitrogens with zero attached hydrogens (tertiary/aromatic N) is 1. The van der Waals surface area contributed by atoms with Crippen LogP contribution in [0.1, 0.15) is 46.0 Å². The zero-order chi connectivity index (χ0) is 16.6. The van der Waals surface area contributed by atoms with Crippen molar-refractivity contribution in [2.45, 2.75) is 52.1 Å². The third-order valence-corrected chi connectivity index (χ3v) is 6.00. The highest BCUT2D eigenvalue weighted by Gasteiger charge is 2.60. The molecule has 0 spiro atoms. The van der Waals surface area contributed by atoms with Gasteiger partial charge >= 0.3 is 6.09 Å². The maximum Gasteiger partial charge on any atom is 0.414 e. The first-order chi connectivity index (χ1) is 10.9. The van der Waals surface area contributed by atoms with Crippen molar-refractivity contribution < 1.29 is 14.3 Å². The Bertz CT molecular complexity index is 508. The molecule has 1 N–H and O–H groups in total. The molecule has 23 heavy (non-hydrogen) atoms. The number of carbonyl (C=O) groups excluding carboxylic acids is 2. The Balaban J connectivity index is 1.44. The van der Waals surface area contributed by atoms with Crippen LogP contribution in [0, 0.1) is 17.3 Å². The predicted molar refractivity (Wildman–Crippen MR) is 87.8 cm³/mol. The molecule has 2 saturated carbocycles. The molecule has 128 valence electrons. The number of piperidine rings is 1. The first-order valence-corrected chi connectivity index (χ1v) is 8.78. The number of rotatable bonds is 3. The fraction of sp³-hybridized carbons (Fsp3) is 0.778. The molecule has 0 bridgehead atoms. The van der Waals surface area contributed by atoms with Crippen molar-refractivity contribution in [1.82, 2.24) is 10.2 Å². The van der Waals surface area contributed by atoms with Crippen LogP contribution in [0.5, 0.6) is 0 Å². The van der Waals surface area contributed by atoms with E-state index in [0.29, 0.717) is 17.3 Å². The molecule has 3 atom stereocenters. The second-order valence-electron chi connectivity index (χ2n) is 7.91. The summed E-state index contributed by atoms with van der Waals surface area (Å²) in [5, 5.41) is 2.36. The van der Waals surface area contributed by atoms with Gasteiger partial charge in [-0.2, -0.15) is 0 Å². The van der Waals surface area contributed by atoms with Gasteiger partial charge in [0.1, 0.15) is 6.10 Å². The first kappa shape index (κ1) is 16.5. The SMILES string of the molecule is C=C1C[C@@H]2[C@H](C[C@@H]1OC(=O)NC(=O)CN1CCCCC1)C2(C)C. The van der Waals surface area contributed by atoms with Crippen LogP contribution in [-0.2, 0) is 9.53 Å². The van der Waals surface area contributed by atoms with Gasteiger partial charge in [0.25, 0.3) is 0 Å². The predicted octanol–water partition coefficient (Wildman–Crippen LogP) is 2.72. The Kier molecular flexibility index (Phi) is 4.50. The van der Waals surface area contributed by atoms with Crippen LogP contribution < -0.4 is 5.32 Å². The quantitative estimate of drug-likeness (QED) is 0.812. The van der Waals surface area contributed by atoms with Gasteiger partial charge in [0.05, 0.1) is 6.54 Å². The molecular formula is C18H28N2O3. The van der Waals surface area contributed by atoms with Gasteiger partial charge in [-0.1, -0.05) is 26.8 Å². The number of ether oxygens (including phenoxy) is 1. The summed E-state index contributed by atoms with van der Waals surface area (Å²) in [6.07, 6.45) is 4.36. The normalized spacial score (nSPS) is 32.8. The van der Waals surface area contributed by atoms with E-state index in [4.69, 9.17) is 4.74 Å². The highest BCUT2D eigenvalue weighted by atomic mass is 16.6. The van der Waals surface area contributed by atoms with Crippen molar-refractivity contribution in [2.75, 3.05) is 19.6 Å². The highest BCUT2D eigenvalue weighted by Crippen LogP contribution is 2.65. The monoisotopic (exact) mass is 320 g/mol. The smallest absolute Gasteiger partial charge is 0.414 e. The number of nitrogens with one attached hydrogen (secondary N) is 1. The lowest BCUT2D eigenvalue weighted by Gasteiger charge is -2.26. The van der Waals surface area contributed by atoms with Crippen LogP contribution in [-0.4, -0.2) is 42.6 Å². The van der Waals surface area contributed by atoms with Crippen molar-refractivity contribution in [3.8, 4) is 0 Å². The minimum Gasteiger partial charge on any atom is -0.441 e. The minimum atomic E-state index is -0.630. The zero-order valence-corrected chi connectivity index (χ0v) is 14.3. The Morgan fingerprint density at radius 2 is 1.96 bits per heavy atom. The second kappa shape index (κ2) is 6.27. The van der Waals surface area contributed by atoms with Gasteiger partial charge in [-0.3, -0.25) is 15.0 Å². The lowest BCUT2D eigenvalue weighted by atomic mass is 9.93. The van der Waals surface area contributed by atoms with E-state index in [0.717, 1.165) is 44.3 Å². The summed E-state index contributed by atoms with van der Waals surface area (Å²) in [5.74, 6) is 1.01. The van der Waals surface area contributed by atoms with Gasteiger partial charge in [-0.25, -0.2) is 4.79 Å². The van der Waals surface area contributed by atoms with E-state index in [9.17, 15) is 9.59 Å². The number of hydrogen-bond acceptors (Lipinski definition) is 4. The van der Waals surface area contributed by atoms with Gasteiger partial charge in [0.15, 0.2) is 0 Å². The standard InChI is InChI=1S/C18H28N2O3/c1-12-9-13-14(18(13,2)3)10-15(12)23-17(22)19-16(21)11-20-7-5-4-6-8-20/h13-15H,1,4-11H2,2-3H3,(H,19,21,22)/t13-,14+,15+/m1/s1. The topological polar surface area (TPSA) is 58.6 Å². The number of carbonyl (C=O) groups is 2. The first-order valence-electron chi connectivity index (χ1n) is 8.78. The summed E-state index contributed by atoms with van der Waals surface area (Å²) in [4.78, 5) is 26.0. The Morgan fingerprint density at radius 1 is 1.26 bits per heavy atom. The van der Waals surface area contributed by atoms with Crippen LogP contribution in [0.3, 0.4) is 0 Å². The number of hydrogen-bond donors (Lipinski definition) is 1. The molecule has 1 heterocycles. The largest absolute Gasteiger partial charge is 0.441 e. The Labute approximate surface area is 138 Å². The fourth-order valence-electron chi connectivity index (χ4n) is 4.31. The van der Waals surface area contributed by atoms with Gasteiger partial charge < -0.3 is 4.74 Å². The molecule has 5 heteroatoms. The average Bonchev–Trinajstić information content (AvgIpc) is 3.00. The van der Waals surface area contributed by atoms with E-state index in [-0.39, 0.29) is 18.6 Å². The van der Waals surface area contributed by atoms with Crippen molar-refractivity contribution in [2.24, 2.45) is 17.3 Å². The van der Waals surface area contributed by atoms with Crippen LogP contribution in [0.25, 0.3) is 0 Å². The number of likely N-dealkylation sites (tertiary alicyclic amines) is 1. The van der Waals surface area contributed by atoms with E-state index in [2.05, 4.69) is 30.6 Å². The number of fused-ring (bicyclic) bond motifs is 1. The third-order valence-electron chi connectivity index (χ3n) is 6.00.